The van der Waals surface area contributed by atoms with E-state index in [4.69, 9.17) is 6.92 Å². The Kier molecular flexibility index (Phi) is 1.89. The van der Waals surface area contributed by atoms with Crippen molar-refractivity contribution in [2.75, 3.05) is 0 Å². The summed E-state index contributed by atoms with van der Waals surface area (Å²) in [6, 6.07) is 12.1. The van der Waals surface area contributed by atoms with E-state index in [0.717, 1.165) is 15.4 Å². The molecule has 0 atom stereocenters. The molecule has 2 aromatic carbocycles. The summed E-state index contributed by atoms with van der Waals surface area (Å²) in [6.07, 6.45) is 0. The molecule has 0 aliphatic carbocycles. The topological polar surface area (TPSA) is 0 Å². The molecule has 0 spiro atoms. The molecule has 0 amide bonds. The van der Waals surface area contributed by atoms with Gasteiger partial charge in [0.1, 0.15) is 0 Å². The lowest BCUT2D eigenvalue weighted by Crippen LogP contribution is -1.77. The van der Waals surface area contributed by atoms with Crippen molar-refractivity contribution in [3.8, 4) is 0 Å². The van der Waals surface area contributed by atoms with Crippen LogP contribution in [0, 0.1) is 6.92 Å². The molecule has 0 aromatic heterocycles. The second-order valence-electron chi connectivity index (χ2n) is 2.72. The first-order valence-electron chi connectivity index (χ1n) is 3.71. The summed E-state index contributed by atoms with van der Waals surface area (Å²) in [4.78, 5) is 0. The van der Waals surface area contributed by atoms with Gasteiger partial charge in [0.25, 0.3) is 0 Å². The van der Waals surface area contributed by atoms with E-state index in [1.807, 2.05) is 24.3 Å². The van der Waals surface area contributed by atoms with Crippen molar-refractivity contribution < 1.29 is 0 Å². The molecule has 0 aliphatic heterocycles. The highest BCUT2D eigenvalue weighted by Gasteiger charge is 1.97. The molecule has 0 N–H and O–H groups in total. The summed E-state index contributed by atoms with van der Waals surface area (Å²) in [5.74, 6) is 0. The molecular formula is C11H7Br. The van der Waals surface area contributed by atoms with E-state index in [1.54, 1.807) is 0 Å². The summed E-state index contributed by atoms with van der Waals surface area (Å²) in [5, 5.41) is 2.28. The lowest BCUT2D eigenvalue weighted by molar-refractivity contribution is 1.63. The molecule has 2 radical (unpaired) electrons. The Morgan fingerprint density at radius 3 is 2.67 bits per heavy atom. The maximum atomic E-state index is 5.83. The maximum Gasteiger partial charge on any atom is 0.0184 e. The van der Waals surface area contributed by atoms with Crippen LogP contribution < -0.4 is 0 Å². The van der Waals surface area contributed by atoms with Gasteiger partial charge < -0.3 is 0 Å². The first-order valence-corrected chi connectivity index (χ1v) is 4.50. The van der Waals surface area contributed by atoms with Crippen LogP contribution in [0.5, 0.6) is 0 Å². The van der Waals surface area contributed by atoms with Crippen LogP contribution in [0.3, 0.4) is 0 Å². The number of hydrogen-bond donors (Lipinski definition) is 0. The van der Waals surface area contributed by atoms with E-state index in [-0.39, 0.29) is 0 Å². The van der Waals surface area contributed by atoms with Crippen LogP contribution in [0.15, 0.2) is 40.9 Å². The largest absolute Gasteiger partial charge is 0.0616 e. The van der Waals surface area contributed by atoms with E-state index in [1.165, 1.54) is 5.39 Å². The molecule has 58 valence electrons. The quantitative estimate of drug-likeness (QED) is 0.634. The Hall–Kier alpha value is -0.820. The third-order valence-corrected chi connectivity index (χ3v) is 2.32. The third kappa shape index (κ3) is 1.25. The molecule has 1 heteroatoms. The van der Waals surface area contributed by atoms with E-state index >= 15 is 0 Å². The van der Waals surface area contributed by atoms with Crippen molar-refractivity contribution in [3.05, 3.63) is 53.4 Å². The Bertz CT molecular complexity index is 418. The standard InChI is InChI=1S/C11H7Br/c1-8-6-10(12)7-9-4-2-3-5-11(8)9/h1-7H. The highest BCUT2D eigenvalue weighted by Crippen LogP contribution is 2.23. The van der Waals surface area contributed by atoms with Crippen molar-refractivity contribution >= 4 is 26.7 Å². The van der Waals surface area contributed by atoms with Crippen molar-refractivity contribution in [2.45, 2.75) is 0 Å². The molecule has 0 heterocycles. The number of fused-ring (bicyclic) bond motifs is 1. The van der Waals surface area contributed by atoms with Crippen LogP contribution in [0.25, 0.3) is 10.8 Å². The summed E-state index contributed by atoms with van der Waals surface area (Å²) >= 11 is 3.40. The summed E-state index contributed by atoms with van der Waals surface area (Å²) in [5.41, 5.74) is 0.819. The van der Waals surface area contributed by atoms with Gasteiger partial charge in [0.05, 0.1) is 0 Å². The maximum absolute atomic E-state index is 5.83. The van der Waals surface area contributed by atoms with Gasteiger partial charge in [0, 0.05) is 4.47 Å². The predicted octanol–water partition coefficient (Wildman–Crippen LogP) is 3.66. The summed E-state index contributed by atoms with van der Waals surface area (Å²) in [6.45, 7) is 5.83. The third-order valence-electron chi connectivity index (χ3n) is 1.86. The predicted molar refractivity (Wildman–Crippen MR) is 55.1 cm³/mol. The van der Waals surface area contributed by atoms with Gasteiger partial charge in [-0.15, -0.1) is 0 Å². The van der Waals surface area contributed by atoms with Crippen LogP contribution in [0.4, 0.5) is 0 Å². The van der Waals surface area contributed by atoms with E-state index in [9.17, 15) is 0 Å². The number of hydrogen-bond acceptors (Lipinski definition) is 0. The van der Waals surface area contributed by atoms with Crippen LogP contribution in [-0.4, -0.2) is 0 Å². The fourth-order valence-electron chi connectivity index (χ4n) is 1.30. The first kappa shape index (κ1) is 7.81. The number of benzene rings is 2. The highest BCUT2D eigenvalue weighted by atomic mass is 79.9. The van der Waals surface area contributed by atoms with Gasteiger partial charge in [-0.05, 0) is 35.4 Å². The first-order chi connectivity index (χ1) is 5.77. The molecule has 2 aromatic rings. The van der Waals surface area contributed by atoms with Crippen LogP contribution in [-0.2, 0) is 0 Å². The molecular weight excluding hydrogens is 212 g/mol. The zero-order valence-corrected chi connectivity index (χ0v) is 8.01. The molecule has 2 rings (SSSR count). The zero-order valence-electron chi connectivity index (χ0n) is 6.42. The van der Waals surface area contributed by atoms with Crippen LogP contribution >= 0.6 is 15.9 Å². The normalized spacial score (nSPS) is 10.5. The van der Waals surface area contributed by atoms with Crippen molar-refractivity contribution in [1.82, 2.24) is 0 Å². The Labute approximate surface area is 80.3 Å². The Morgan fingerprint density at radius 2 is 1.83 bits per heavy atom. The fraction of sp³-hybridized carbons (Fsp3) is 0. The molecule has 0 saturated carbocycles. The minimum atomic E-state index is 0.819. The minimum absolute atomic E-state index is 0.819. The van der Waals surface area contributed by atoms with Gasteiger partial charge in [0.15, 0.2) is 0 Å². The number of halogens is 1. The lowest BCUT2D eigenvalue weighted by atomic mass is 10.1. The minimum Gasteiger partial charge on any atom is -0.0616 e. The van der Waals surface area contributed by atoms with Crippen molar-refractivity contribution in [1.29, 1.82) is 0 Å². The lowest BCUT2D eigenvalue weighted by Gasteiger charge is -2.01. The number of rotatable bonds is 0. The molecule has 12 heavy (non-hydrogen) atoms. The van der Waals surface area contributed by atoms with E-state index in [2.05, 4.69) is 28.1 Å². The van der Waals surface area contributed by atoms with E-state index < -0.39 is 0 Å². The van der Waals surface area contributed by atoms with E-state index in [0.29, 0.717) is 0 Å². The highest BCUT2D eigenvalue weighted by molar-refractivity contribution is 9.10. The van der Waals surface area contributed by atoms with Gasteiger partial charge in [-0.2, -0.15) is 0 Å². The van der Waals surface area contributed by atoms with Crippen molar-refractivity contribution in [3.63, 3.8) is 0 Å². The second-order valence-corrected chi connectivity index (χ2v) is 3.63. The Balaban J connectivity index is 2.89. The van der Waals surface area contributed by atoms with Gasteiger partial charge in [-0.25, -0.2) is 0 Å². The molecule has 0 bridgehead atoms. The Morgan fingerprint density at radius 1 is 1.08 bits per heavy atom. The molecule has 0 fully saturated rings. The van der Waals surface area contributed by atoms with Crippen LogP contribution in [0.2, 0.25) is 0 Å². The van der Waals surface area contributed by atoms with Gasteiger partial charge in [0.2, 0.25) is 0 Å². The summed E-state index contributed by atoms with van der Waals surface area (Å²) in [7, 11) is 0. The van der Waals surface area contributed by atoms with Gasteiger partial charge in [-0.3, -0.25) is 0 Å². The average molecular weight is 219 g/mol. The van der Waals surface area contributed by atoms with Gasteiger partial charge >= 0.3 is 0 Å². The molecule has 0 nitrogen and oxygen atoms in total. The molecule has 0 aliphatic rings. The molecule has 0 saturated heterocycles. The monoisotopic (exact) mass is 218 g/mol. The smallest absolute Gasteiger partial charge is 0.0184 e. The summed E-state index contributed by atoms with van der Waals surface area (Å²) < 4.78 is 1.03. The SMILES string of the molecule is [CH]c1cc(Br)cc2ccccc12. The molecule has 0 unspecified atom stereocenters. The van der Waals surface area contributed by atoms with Gasteiger partial charge in [-0.1, -0.05) is 40.2 Å². The fourth-order valence-corrected chi connectivity index (χ4v) is 1.80. The second kappa shape index (κ2) is 2.91. The average Bonchev–Trinajstić information content (AvgIpc) is 2.04. The van der Waals surface area contributed by atoms with Crippen molar-refractivity contribution in [2.24, 2.45) is 0 Å². The van der Waals surface area contributed by atoms with Crippen LogP contribution in [0.1, 0.15) is 5.56 Å². The zero-order chi connectivity index (χ0) is 8.55.